The molecule has 1 aromatic heterocycles. The summed E-state index contributed by atoms with van der Waals surface area (Å²) in [4.78, 5) is 27.6. The van der Waals surface area contributed by atoms with Crippen LogP contribution in [0.15, 0.2) is 36.5 Å². The van der Waals surface area contributed by atoms with Gasteiger partial charge in [-0.2, -0.15) is 0 Å². The number of hydrogen-bond acceptors (Lipinski definition) is 4. The number of benzene rings is 1. The number of ether oxygens (including phenoxy) is 1. The van der Waals surface area contributed by atoms with Crippen molar-refractivity contribution in [3.05, 3.63) is 52.7 Å². The third-order valence-corrected chi connectivity index (χ3v) is 4.02. The number of aromatic nitrogens is 1. The second kappa shape index (κ2) is 7.53. The smallest absolute Gasteiger partial charge is 0.313 e. The average molecular weight is 363 g/mol. The quantitative estimate of drug-likeness (QED) is 0.817. The number of carboxylic acids is 1. The summed E-state index contributed by atoms with van der Waals surface area (Å²) >= 11 is 6.03. The number of anilines is 1. The molecule has 0 radical (unpaired) electrons. The van der Waals surface area contributed by atoms with Crippen molar-refractivity contribution in [2.24, 2.45) is 0 Å². The molecule has 0 bridgehead atoms. The first-order valence-corrected chi connectivity index (χ1v) is 8.07. The summed E-state index contributed by atoms with van der Waals surface area (Å²) in [6.07, 6.45) is 1.38. The van der Waals surface area contributed by atoms with E-state index in [4.69, 9.17) is 16.3 Å². The summed E-state index contributed by atoms with van der Waals surface area (Å²) in [5.41, 5.74) is 0.474. The van der Waals surface area contributed by atoms with Crippen LogP contribution in [0.2, 0.25) is 5.02 Å². The van der Waals surface area contributed by atoms with Gasteiger partial charge in [-0.25, -0.2) is 4.98 Å². The van der Waals surface area contributed by atoms with Crippen LogP contribution in [0.25, 0.3) is 0 Å². The maximum absolute atomic E-state index is 12.3. The Morgan fingerprint density at radius 3 is 2.44 bits per heavy atom. The number of aliphatic carboxylic acids is 1. The third-order valence-electron chi connectivity index (χ3n) is 3.75. The maximum Gasteiger partial charge on any atom is 0.313 e. The fourth-order valence-corrected chi connectivity index (χ4v) is 2.31. The van der Waals surface area contributed by atoms with Crippen molar-refractivity contribution >= 4 is 29.2 Å². The second-order valence-electron chi connectivity index (χ2n) is 5.91. The van der Waals surface area contributed by atoms with Crippen molar-refractivity contribution in [1.29, 1.82) is 0 Å². The van der Waals surface area contributed by atoms with Crippen LogP contribution in [-0.4, -0.2) is 28.6 Å². The molecule has 0 atom stereocenters. The van der Waals surface area contributed by atoms with Crippen molar-refractivity contribution in [1.82, 2.24) is 4.98 Å². The molecule has 0 fully saturated rings. The lowest BCUT2D eigenvalue weighted by atomic mass is 9.85. The van der Waals surface area contributed by atoms with Gasteiger partial charge in [-0.3, -0.25) is 9.59 Å². The van der Waals surface area contributed by atoms with E-state index in [0.29, 0.717) is 23.4 Å². The SMILES string of the molecule is CCOc1ncc(C(=O)Nc2ccc(C(C)(C)C(=O)O)cc2)cc1Cl. The van der Waals surface area contributed by atoms with Gasteiger partial charge < -0.3 is 15.2 Å². The molecule has 0 aliphatic carbocycles. The normalized spacial score (nSPS) is 11.0. The number of carboxylic acid groups (broad SMARTS) is 1. The van der Waals surface area contributed by atoms with Crippen LogP contribution in [0.5, 0.6) is 5.88 Å². The zero-order valence-corrected chi connectivity index (χ0v) is 14.9. The molecule has 2 aromatic rings. The van der Waals surface area contributed by atoms with Gasteiger partial charge in [0.2, 0.25) is 5.88 Å². The number of rotatable bonds is 6. The Bertz CT molecular complexity index is 788. The molecule has 7 heteroatoms. The lowest BCUT2D eigenvalue weighted by Crippen LogP contribution is -2.28. The number of carbonyl (C=O) groups excluding carboxylic acids is 1. The minimum Gasteiger partial charge on any atom is -0.481 e. The van der Waals surface area contributed by atoms with Crippen LogP contribution >= 0.6 is 11.6 Å². The Morgan fingerprint density at radius 1 is 1.28 bits per heavy atom. The Labute approximate surface area is 150 Å². The van der Waals surface area contributed by atoms with Crippen molar-refractivity contribution in [2.75, 3.05) is 11.9 Å². The first-order valence-electron chi connectivity index (χ1n) is 7.69. The predicted octanol–water partition coefficient (Wildman–Crippen LogP) is 3.75. The van der Waals surface area contributed by atoms with Gasteiger partial charge in [0.25, 0.3) is 5.91 Å². The number of halogens is 1. The molecule has 2 N–H and O–H groups in total. The Morgan fingerprint density at radius 2 is 1.92 bits per heavy atom. The first-order chi connectivity index (χ1) is 11.8. The van der Waals surface area contributed by atoms with Crippen molar-refractivity contribution in [3.63, 3.8) is 0 Å². The molecule has 132 valence electrons. The highest BCUT2D eigenvalue weighted by Crippen LogP contribution is 2.26. The molecule has 0 aliphatic rings. The van der Waals surface area contributed by atoms with Gasteiger partial charge in [0, 0.05) is 11.9 Å². The maximum atomic E-state index is 12.3. The summed E-state index contributed by atoms with van der Waals surface area (Å²) < 4.78 is 5.23. The Balaban J connectivity index is 2.13. The molecule has 25 heavy (non-hydrogen) atoms. The Kier molecular flexibility index (Phi) is 5.64. The van der Waals surface area contributed by atoms with Crippen molar-refractivity contribution in [2.45, 2.75) is 26.2 Å². The summed E-state index contributed by atoms with van der Waals surface area (Å²) in [7, 11) is 0. The monoisotopic (exact) mass is 362 g/mol. The molecule has 0 saturated carbocycles. The molecule has 0 aliphatic heterocycles. The number of amides is 1. The highest BCUT2D eigenvalue weighted by molar-refractivity contribution is 6.32. The van der Waals surface area contributed by atoms with Crippen LogP contribution in [0.1, 0.15) is 36.7 Å². The number of hydrogen-bond donors (Lipinski definition) is 2. The van der Waals surface area contributed by atoms with E-state index < -0.39 is 11.4 Å². The largest absolute Gasteiger partial charge is 0.481 e. The van der Waals surface area contributed by atoms with Gasteiger partial charge in [-0.15, -0.1) is 0 Å². The van der Waals surface area contributed by atoms with Gasteiger partial charge in [-0.1, -0.05) is 23.7 Å². The minimum absolute atomic E-state index is 0.257. The van der Waals surface area contributed by atoms with Crippen LogP contribution in [0, 0.1) is 0 Å². The van der Waals surface area contributed by atoms with Crippen LogP contribution < -0.4 is 10.1 Å². The summed E-state index contributed by atoms with van der Waals surface area (Å²) in [5, 5.41) is 12.2. The van der Waals surface area contributed by atoms with E-state index in [2.05, 4.69) is 10.3 Å². The molecule has 1 aromatic carbocycles. The highest BCUT2D eigenvalue weighted by Gasteiger charge is 2.29. The standard InChI is InChI=1S/C18H19ClN2O4/c1-4-25-16-14(19)9-11(10-20-16)15(22)21-13-7-5-12(6-8-13)18(2,3)17(23)24/h5-10H,4H2,1-3H3,(H,21,22)(H,23,24). The van der Waals surface area contributed by atoms with E-state index in [0.717, 1.165) is 0 Å². The zero-order chi connectivity index (χ0) is 18.6. The lowest BCUT2D eigenvalue weighted by Gasteiger charge is -2.19. The minimum atomic E-state index is -1.00. The number of carbonyl (C=O) groups is 2. The zero-order valence-electron chi connectivity index (χ0n) is 14.2. The van der Waals surface area contributed by atoms with Crippen LogP contribution in [-0.2, 0) is 10.2 Å². The fraction of sp³-hybridized carbons (Fsp3) is 0.278. The van der Waals surface area contributed by atoms with Gasteiger partial charge in [0.1, 0.15) is 5.02 Å². The number of nitrogens with zero attached hydrogens (tertiary/aromatic N) is 1. The molecule has 1 heterocycles. The molecule has 2 rings (SSSR count). The Hall–Kier alpha value is -2.60. The molecule has 1 amide bonds. The van der Waals surface area contributed by atoms with Gasteiger partial charge in [0.05, 0.1) is 17.6 Å². The lowest BCUT2D eigenvalue weighted by molar-refractivity contribution is -0.142. The molecule has 0 saturated heterocycles. The van der Waals surface area contributed by atoms with Crippen LogP contribution in [0.3, 0.4) is 0 Å². The topological polar surface area (TPSA) is 88.5 Å². The van der Waals surface area contributed by atoms with Gasteiger partial charge in [0.15, 0.2) is 0 Å². The van der Waals surface area contributed by atoms with E-state index in [-0.39, 0.29) is 16.8 Å². The van der Waals surface area contributed by atoms with E-state index in [1.165, 1.54) is 12.3 Å². The van der Waals surface area contributed by atoms with Crippen molar-refractivity contribution in [3.8, 4) is 5.88 Å². The molecule has 0 unspecified atom stereocenters. The molecular weight excluding hydrogens is 344 g/mol. The fourth-order valence-electron chi connectivity index (χ4n) is 2.09. The molecular formula is C18H19ClN2O4. The van der Waals surface area contributed by atoms with E-state index in [1.54, 1.807) is 38.1 Å². The first kappa shape index (κ1) is 18.7. The van der Waals surface area contributed by atoms with Crippen LogP contribution in [0.4, 0.5) is 5.69 Å². The third kappa shape index (κ3) is 4.28. The summed E-state index contributed by atoms with van der Waals surface area (Å²) in [6, 6.07) is 8.14. The van der Waals surface area contributed by atoms with Gasteiger partial charge in [-0.05, 0) is 44.5 Å². The number of nitrogens with one attached hydrogen (secondary N) is 1. The van der Waals surface area contributed by atoms with Crippen molar-refractivity contribution < 1.29 is 19.4 Å². The van der Waals surface area contributed by atoms with E-state index in [9.17, 15) is 14.7 Å². The molecule has 0 spiro atoms. The van der Waals surface area contributed by atoms with Gasteiger partial charge >= 0.3 is 5.97 Å². The number of pyridine rings is 1. The average Bonchev–Trinajstić information content (AvgIpc) is 2.57. The highest BCUT2D eigenvalue weighted by atomic mass is 35.5. The molecule has 6 nitrogen and oxygen atoms in total. The van der Waals surface area contributed by atoms with E-state index >= 15 is 0 Å². The second-order valence-corrected chi connectivity index (χ2v) is 6.31. The van der Waals surface area contributed by atoms with E-state index in [1.807, 2.05) is 6.92 Å². The summed E-state index contributed by atoms with van der Waals surface area (Å²) in [5.74, 6) is -1.01. The summed E-state index contributed by atoms with van der Waals surface area (Å²) in [6.45, 7) is 5.48. The predicted molar refractivity (Wildman–Crippen MR) is 95.5 cm³/mol.